The van der Waals surface area contributed by atoms with Gasteiger partial charge in [0.15, 0.2) is 0 Å². The SMILES string of the molecule is NC(=O)NC(=O)[C@@H]1CC(=O)Nc2nc(Nc3ccc(Cl)cc3Cl)[nH]c(=O)c21. The van der Waals surface area contributed by atoms with Gasteiger partial charge in [-0.3, -0.25) is 24.7 Å². The first-order chi connectivity index (χ1) is 12.7. The molecule has 1 atom stereocenters. The van der Waals surface area contributed by atoms with E-state index >= 15 is 0 Å². The fourth-order valence-corrected chi connectivity index (χ4v) is 3.04. The van der Waals surface area contributed by atoms with Gasteiger partial charge in [0, 0.05) is 11.4 Å². The van der Waals surface area contributed by atoms with Crippen LogP contribution in [0.2, 0.25) is 10.0 Å². The van der Waals surface area contributed by atoms with Gasteiger partial charge in [0.05, 0.1) is 22.2 Å². The highest BCUT2D eigenvalue weighted by Gasteiger charge is 2.35. The van der Waals surface area contributed by atoms with Crippen LogP contribution in [-0.2, 0) is 9.59 Å². The number of H-pyrrole nitrogens is 1. The average molecular weight is 411 g/mol. The summed E-state index contributed by atoms with van der Waals surface area (Å²) in [6.07, 6.45) is -0.327. The number of aromatic amines is 1. The zero-order chi connectivity index (χ0) is 19.7. The van der Waals surface area contributed by atoms with Crippen LogP contribution in [-0.4, -0.2) is 27.8 Å². The molecule has 0 spiro atoms. The Labute approximate surface area is 161 Å². The molecular formula is C15H12Cl2N6O4. The molecule has 1 aliphatic heterocycles. The molecule has 1 aromatic heterocycles. The predicted octanol–water partition coefficient (Wildman–Crippen LogP) is 1.44. The number of anilines is 3. The van der Waals surface area contributed by atoms with E-state index in [9.17, 15) is 19.2 Å². The Morgan fingerprint density at radius 3 is 2.67 bits per heavy atom. The predicted molar refractivity (Wildman–Crippen MR) is 98.3 cm³/mol. The molecule has 6 N–H and O–H groups in total. The first-order valence-corrected chi connectivity index (χ1v) is 8.26. The van der Waals surface area contributed by atoms with Crippen molar-refractivity contribution in [1.82, 2.24) is 15.3 Å². The molecular weight excluding hydrogens is 399 g/mol. The molecule has 1 aromatic carbocycles. The van der Waals surface area contributed by atoms with Crippen LogP contribution in [0.5, 0.6) is 0 Å². The number of hydrogen-bond donors (Lipinski definition) is 5. The molecule has 12 heteroatoms. The summed E-state index contributed by atoms with van der Waals surface area (Å²) < 4.78 is 0. The summed E-state index contributed by atoms with van der Waals surface area (Å²) in [7, 11) is 0. The van der Waals surface area contributed by atoms with Crippen molar-refractivity contribution in [1.29, 1.82) is 0 Å². The van der Waals surface area contributed by atoms with Gasteiger partial charge >= 0.3 is 6.03 Å². The molecule has 2 aromatic rings. The number of urea groups is 1. The number of nitrogens with two attached hydrogens (primary N) is 1. The van der Waals surface area contributed by atoms with Crippen molar-refractivity contribution in [2.45, 2.75) is 12.3 Å². The van der Waals surface area contributed by atoms with Crippen molar-refractivity contribution in [2.75, 3.05) is 10.6 Å². The van der Waals surface area contributed by atoms with Crippen LogP contribution in [0.3, 0.4) is 0 Å². The fraction of sp³-hybridized carbons (Fsp3) is 0.133. The van der Waals surface area contributed by atoms with Gasteiger partial charge in [0.1, 0.15) is 5.82 Å². The molecule has 0 fully saturated rings. The van der Waals surface area contributed by atoms with E-state index < -0.39 is 29.3 Å². The van der Waals surface area contributed by atoms with Crippen LogP contribution in [0.25, 0.3) is 0 Å². The van der Waals surface area contributed by atoms with Crippen LogP contribution in [0.15, 0.2) is 23.0 Å². The van der Waals surface area contributed by atoms with E-state index in [1.54, 1.807) is 12.1 Å². The minimum atomic E-state index is -1.20. The monoisotopic (exact) mass is 410 g/mol. The molecule has 0 unspecified atom stereocenters. The molecule has 0 saturated heterocycles. The Bertz CT molecular complexity index is 1020. The Balaban J connectivity index is 1.98. The summed E-state index contributed by atoms with van der Waals surface area (Å²) in [6.45, 7) is 0. The molecule has 2 heterocycles. The molecule has 140 valence electrons. The maximum absolute atomic E-state index is 12.5. The second-order valence-corrected chi connectivity index (χ2v) is 6.43. The number of primary amides is 1. The van der Waals surface area contributed by atoms with E-state index in [0.717, 1.165) is 0 Å². The van der Waals surface area contributed by atoms with E-state index in [1.165, 1.54) is 6.07 Å². The molecule has 1 aliphatic rings. The van der Waals surface area contributed by atoms with Gasteiger partial charge in [-0.2, -0.15) is 4.98 Å². The number of hydrogen-bond acceptors (Lipinski definition) is 6. The van der Waals surface area contributed by atoms with Gasteiger partial charge in [-0.25, -0.2) is 4.79 Å². The third-order valence-electron chi connectivity index (χ3n) is 3.70. The highest BCUT2D eigenvalue weighted by molar-refractivity contribution is 6.36. The second kappa shape index (κ2) is 7.25. The first-order valence-electron chi connectivity index (χ1n) is 7.51. The largest absolute Gasteiger partial charge is 0.351 e. The van der Waals surface area contributed by atoms with Gasteiger partial charge in [-0.15, -0.1) is 0 Å². The van der Waals surface area contributed by atoms with Gasteiger partial charge in [0.2, 0.25) is 17.8 Å². The van der Waals surface area contributed by atoms with Gasteiger partial charge in [-0.1, -0.05) is 23.2 Å². The maximum atomic E-state index is 12.5. The van der Waals surface area contributed by atoms with Crippen molar-refractivity contribution >= 4 is 58.5 Å². The number of imide groups is 1. The third-order valence-corrected chi connectivity index (χ3v) is 4.25. The lowest BCUT2D eigenvalue weighted by Crippen LogP contribution is -2.43. The lowest BCUT2D eigenvalue weighted by molar-refractivity contribution is -0.125. The Morgan fingerprint density at radius 2 is 2.00 bits per heavy atom. The van der Waals surface area contributed by atoms with Crippen LogP contribution in [0.1, 0.15) is 17.9 Å². The molecule has 4 amide bonds. The van der Waals surface area contributed by atoms with E-state index in [2.05, 4.69) is 20.6 Å². The smallest absolute Gasteiger partial charge is 0.318 e. The van der Waals surface area contributed by atoms with Crippen LogP contribution >= 0.6 is 23.2 Å². The summed E-state index contributed by atoms with van der Waals surface area (Å²) >= 11 is 11.9. The van der Waals surface area contributed by atoms with Crippen LogP contribution in [0.4, 0.5) is 22.2 Å². The number of amides is 4. The molecule has 0 saturated carbocycles. The zero-order valence-electron chi connectivity index (χ0n) is 13.4. The molecule has 10 nitrogen and oxygen atoms in total. The topological polar surface area (TPSA) is 159 Å². The molecule has 3 rings (SSSR count). The van der Waals surface area contributed by atoms with Crippen molar-refractivity contribution in [2.24, 2.45) is 5.73 Å². The Kier molecular flexibility index (Phi) is 5.02. The summed E-state index contributed by atoms with van der Waals surface area (Å²) in [6, 6.07) is 3.56. The molecule has 0 aliphatic carbocycles. The Morgan fingerprint density at radius 1 is 1.26 bits per heavy atom. The molecule has 0 radical (unpaired) electrons. The average Bonchev–Trinajstić information content (AvgIpc) is 2.55. The summed E-state index contributed by atoms with van der Waals surface area (Å²) in [5, 5.41) is 7.80. The summed E-state index contributed by atoms with van der Waals surface area (Å²) in [5.74, 6) is -2.73. The second-order valence-electron chi connectivity index (χ2n) is 5.58. The minimum absolute atomic E-state index is 0.0146. The Hall–Kier alpha value is -3.11. The lowest BCUT2D eigenvalue weighted by Gasteiger charge is -2.23. The number of benzene rings is 1. The highest BCUT2D eigenvalue weighted by atomic mass is 35.5. The standard InChI is InChI=1S/C15H12Cl2N6O4/c16-5-1-2-8(7(17)3-5)19-15-21-11-10(13(26)23-15)6(4-9(24)20-11)12(25)22-14(18)27/h1-3,6H,4H2,(H3,18,22,25,27)(H3,19,20,21,23,24,26)/t6-/m1/s1. The molecule has 27 heavy (non-hydrogen) atoms. The number of aromatic nitrogens is 2. The third kappa shape index (κ3) is 4.01. The normalized spacial score (nSPS) is 15.5. The minimum Gasteiger partial charge on any atom is -0.351 e. The number of rotatable bonds is 3. The van der Waals surface area contributed by atoms with Crippen molar-refractivity contribution in [3.8, 4) is 0 Å². The van der Waals surface area contributed by atoms with E-state index in [4.69, 9.17) is 28.9 Å². The number of carbonyl (C=O) groups is 3. The van der Waals surface area contributed by atoms with Gasteiger partial charge in [-0.05, 0) is 18.2 Å². The number of fused-ring (bicyclic) bond motifs is 1. The van der Waals surface area contributed by atoms with E-state index in [-0.39, 0.29) is 28.8 Å². The number of carbonyl (C=O) groups excluding carboxylic acids is 3. The van der Waals surface area contributed by atoms with Crippen LogP contribution in [0, 0.1) is 0 Å². The maximum Gasteiger partial charge on any atom is 0.318 e. The summed E-state index contributed by atoms with van der Waals surface area (Å²) in [5.41, 5.74) is 4.58. The summed E-state index contributed by atoms with van der Waals surface area (Å²) in [4.78, 5) is 53.9. The first kappa shape index (κ1) is 18.7. The lowest BCUT2D eigenvalue weighted by atomic mass is 9.92. The fourth-order valence-electron chi connectivity index (χ4n) is 2.58. The highest BCUT2D eigenvalue weighted by Crippen LogP contribution is 2.30. The van der Waals surface area contributed by atoms with E-state index in [1.807, 2.05) is 5.32 Å². The van der Waals surface area contributed by atoms with Crippen molar-refractivity contribution in [3.05, 3.63) is 44.2 Å². The van der Waals surface area contributed by atoms with Gasteiger partial charge < -0.3 is 16.4 Å². The van der Waals surface area contributed by atoms with Crippen molar-refractivity contribution < 1.29 is 14.4 Å². The molecule has 0 bridgehead atoms. The van der Waals surface area contributed by atoms with Crippen LogP contribution < -0.4 is 27.2 Å². The van der Waals surface area contributed by atoms with Gasteiger partial charge in [0.25, 0.3) is 5.56 Å². The number of nitrogens with one attached hydrogen (secondary N) is 4. The van der Waals surface area contributed by atoms with Crippen molar-refractivity contribution in [3.63, 3.8) is 0 Å². The zero-order valence-corrected chi connectivity index (χ0v) is 14.9. The number of nitrogens with zero attached hydrogens (tertiary/aromatic N) is 1. The quantitative estimate of drug-likeness (QED) is 0.514. The number of halogens is 2. The van der Waals surface area contributed by atoms with E-state index in [0.29, 0.717) is 10.7 Å².